The standard InChI is InChI=1S/C22H38O3/c1-3-5-6-7-11-18(24)13-14-20-19(21-15-16-22(20)25-21)12-9-8-10-17(23)4-2/h8-9,18-22,24H,3-7,10-16H2,1-2H3/t18?,19-,20+,21-,22+/m1/s1. The van der Waals surface area contributed by atoms with Crippen molar-refractivity contribution < 1.29 is 14.6 Å². The van der Waals surface area contributed by atoms with Crippen LogP contribution in [0.25, 0.3) is 0 Å². The number of hydrogen-bond acceptors (Lipinski definition) is 3. The molecule has 2 saturated heterocycles. The fourth-order valence-electron chi connectivity index (χ4n) is 4.55. The Labute approximate surface area is 154 Å². The molecule has 3 heteroatoms. The van der Waals surface area contributed by atoms with Crippen molar-refractivity contribution in [2.45, 2.75) is 109 Å². The van der Waals surface area contributed by atoms with E-state index >= 15 is 0 Å². The van der Waals surface area contributed by atoms with Crippen LogP contribution < -0.4 is 0 Å². The molecule has 0 saturated carbocycles. The SMILES string of the molecule is CCCCCCC(O)CC[C@H]1[C@@H](CC=CCC(=O)CC)[C@H]2CC[C@@H]1O2. The van der Waals surface area contributed by atoms with Crippen molar-refractivity contribution >= 4 is 5.78 Å². The Kier molecular flexibility index (Phi) is 9.19. The zero-order valence-electron chi connectivity index (χ0n) is 16.3. The molecule has 0 aliphatic carbocycles. The van der Waals surface area contributed by atoms with Crippen LogP contribution in [0.5, 0.6) is 0 Å². The van der Waals surface area contributed by atoms with Gasteiger partial charge in [0.1, 0.15) is 5.78 Å². The number of rotatable bonds is 13. The predicted molar refractivity (Wildman–Crippen MR) is 103 cm³/mol. The topological polar surface area (TPSA) is 46.5 Å². The number of carbonyl (C=O) groups excluding carboxylic acids is 1. The lowest BCUT2D eigenvalue weighted by Crippen LogP contribution is -2.27. The second-order valence-corrected chi connectivity index (χ2v) is 8.00. The molecule has 0 aromatic heterocycles. The van der Waals surface area contributed by atoms with E-state index in [4.69, 9.17) is 4.74 Å². The fraction of sp³-hybridized carbons (Fsp3) is 0.864. The number of ketones is 1. The third kappa shape index (κ3) is 6.53. The number of Topliss-reactive ketones (excluding diaryl/α,β-unsaturated/α-hetero) is 1. The highest BCUT2D eigenvalue weighted by molar-refractivity contribution is 5.79. The molecule has 5 atom stereocenters. The summed E-state index contributed by atoms with van der Waals surface area (Å²) in [4.78, 5) is 11.4. The quantitative estimate of drug-likeness (QED) is 0.366. The summed E-state index contributed by atoms with van der Waals surface area (Å²) in [5.41, 5.74) is 0. The maximum absolute atomic E-state index is 11.4. The number of fused-ring (bicyclic) bond motifs is 2. The van der Waals surface area contributed by atoms with E-state index in [1.807, 2.05) is 13.0 Å². The first kappa shape index (κ1) is 20.6. The largest absolute Gasteiger partial charge is 0.393 e. The molecule has 2 aliphatic heterocycles. The van der Waals surface area contributed by atoms with E-state index in [-0.39, 0.29) is 6.10 Å². The lowest BCUT2D eigenvalue weighted by atomic mass is 9.75. The smallest absolute Gasteiger partial charge is 0.136 e. The van der Waals surface area contributed by atoms with Crippen LogP contribution in [0.2, 0.25) is 0 Å². The van der Waals surface area contributed by atoms with E-state index < -0.39 is 0 Å². The second-order valence-electron chi connectivity index (χ2n) is 8.00. The van der Waals surface area contributed by atoms with Gasteiger partial charge in [-0.05, 0) is 50.4 Å². The van der Waals surface area contributed by atoms with Crippen LogP contribution in [0.15, 0.2) is 12.2 Å². The maximum Gasteiger partial charge on any atom is 0.136 e. The van der Waals surface area contributed by atoms with Crippen LogP contribution in [0.3, 0.4) is 0 Å². The van der Waals surface area contributed by atoms with Gasteiger partial charge in [0.25, 0.3) is 0 Å². The summed E-state index contributed by atoms with van der Waals surface area (Å²) < 4.78 is 6.16. The Morgan fingerprint density at radius 2 is 1.84 bits per heavy atom. The predicted octanol–water partition coefficient (Wildman–Crippen LogP) is 5.21. The third-order valence-electron chi connectivity index (χ3n) is 6.13. The molecule has 2 fully saturated rings. The molecule has 144 valence electrons. The van der Waals surface area contributed by atoms with Gasteiger partial charge in [0.2, 0.25) is 0 Å². The Bertz CT molecular complexity index is 417. The molecule has 0 aromatic rings. The molecule has 1 unspecified atom stereocenters. The first-order chi connectivity index (χ1) is 12.2. The van der Waals surface area contributed by atoms with E-state index in [1.54, 1.807) is 0 Å². The molecule has 2 bridgehead atoms. The Morgan fingerprint density at radius 3 is 2.56 bits per heavy atom. The molecule has 0 amide bonds. The Balaban J connectivity index is 1.72. The molecular weight excluding hydrogens is 312 g/mol. The number of hydrogen-bond donors (Lipinski definition) is 1. The molecule has 0 radical (unpaired) electrons. The molecule has 0 aromatic carbocycles. The van der Waals surface area contributed by atoms with Crippen LogP contribution in [0.1, 0.15) is 90.9 Å². The average molecular weight is 351 g/mol. The molecule has 2 aliphatic rings. The zero-order valence-corrected chi connectivity index (χ0v) is 16.3. The van der Waals surface area contributed by atoms with Crippen LogP contribution in [0.4, 0.5) is 0 Å². The van der Waals surface area contributed by atoms with Gasteiger partial charge in [-0.2, -0.15) is 0 Å². The first-order valence-corrected chi connectivity index (χ1v) is 10.7. The summed E-state index contributed by atoms with van der Waals surface area (Å²) in [6, 6.07) is 0. The molecule has 2 heterocycles. The number of aliphatic hydroxyl groups is 1. The lowest BCUT2D eigenvalue weighted by Gasteiger charge is -2.28. The minimum Gasteiger partial charge on any atom is -0.393 e. The van der Waals surface area contributed by atoms with E-state index in [0.717, 1.165) is 32.1 Å². The zero-order chi connectivity index (χ0) is 18.1. The van der Waals surface area contributed by atoms with Crippen molar-refractivity contribution in [3.8, 4) is 0 Å². The normalized spacial score (nSPS) is 29.6. The van der Waals surface area contributed by atoms with Crippen LogP contribution >= 0.6 is 0 Å². The van der Waals surface area contributed by atoms with E-state index in [1.165, 1.54) is 32.1 Å². The highest BCUT2D eigenvalue weighted by atomic mass is 16.5. The highest BCUT2D eigenvalue weighted by Crippen LogP contribution is 2.47. The summed E-state index contributed by atoms with van der Waals surface area (Å²) in [7, 11) is 0. The van der Waals surface area contributed by atoms with Crippen LogP contribution in [-0.2, 0) is 9.53 Å². The van der Waals surface area contributed by atoms with Crippen molar-refractivity contribution in [1.29, 1.82) is 0 Å². The van der Waals surface area contributed by atoms with E-state index in [9.17, 15) is 9.90 Å². The summed E-state index contributed by atoms with van der Waals surface area (Å²) in [6.45, 7) is 4.14. The van der Waals surface area contributed by atoms with Gasteiger partial charge in [-0.1, -0.05) is 51.7 Å². The third-order valence-corrected chi connectivity index (χ3v) is 6.13. The minimum absolute atomic E-state index is 0.144. The van der Waals surface area contributed by atoms with Gasteiger partial charge >= 0.3 is 0 Å². The van der Waals surface area contributed by atoms with Crippen molar-refractivity contribution in [3.05, 3.63) is 12.2 Å². The van der Waals surface area contributed by atoms with Crippen molar-refractivity contribution in [2.75, 3.05) is 0 Å². The van der Waals surface area contributed by atoms with E-state index in [0.29, 0.717) is 42.7 Å². The number of carbonyl (C=O) groups is 1. The van der Waals surface area contributed by atoms with Crippen molar-refractivity contribution in [1.82, 2.24) is 0 Å². The van der Waals surface area contributed by atoms with Gasteiger partial charge in [0.15, 0.2) is 0 Å². The molecular formula is C22H38O3. The average Bonchev–Trinajstić information content (AvgIpc) is 3.22. The summed E-state index contributed by atoms with van der Waals surface area (Å²) in [6.07, 6.45) is 17.4. The van der Waals surface area contributed by atoms with Crippen LogP contribution in [0, 0.1) is 11.8 Å². The van der Waals surface area contributed by atoms with Gasteiger partial charge in [-0.15, -0.1) is 0 Å². The summed E-state index contributed by atoms with van der Waals surface area (Å²) >= 11 is 0. The Hall–Kier alpha value is -0.670. The number of aliphatic hydroxyl groups excluding tert-OH is 1. The van der Waals surface area contributed by atoms with Gasteiger partial charge in [0.05, 0.1) is 18.3 Å². The lowest BCUT2D eigenvalue weighted by molar-refractivity contribution is -0.117. The highest BCUT2D eigenvalue weighted by Gasteiger charge is 2.47. The minimum atomic E-state index is -0.144. The number of ether oxygens (including phenoxy) is 1. The fourth-order valence-corrected chi connectivity index (χ4v) is 4.55. The van der Waals surface area contributed by atoms with Gasteiger partial charge in [-0.3, -0.25) is 4.79 Å². The van der Waals surface area contributed by atoms with Gasteiger partial charge in [0, 0.05) is 12.8 Å². The number of allylic oxidation sites excluding steroid dienone is 2. The van der Waals surface area contributed by atoms with Crippen molar-refractivity contribution in [3.63, 3.8) is 0 Å². The molecule has 1 N–H and O–H groups in total. The first-order valence-electron chi connectivity index (χ1n) is 10.7. The molecule has 0 spiro atoms. The second kappa shape index (κ2) is 11.1. The molecule has 2 rings (SSSR count). The maximum atomic E-state index is 11.4. The van der Waals surface area contributed by atoms with Crippen molar-refractivity contribution in [2.24, 2.45) is 11.8 Å². The summed E-state index contributed by atoms with van der Waals surface area (Å²) in [5.74, 6) is 1.48. The van der Waals surface area contributed by atoms with Gasteiger partial charge < -0.3 is 9.84 Å². The monoisotopic (exact) mass is 350 g/mol. The molecule has 25 heavy (non-hydrogen) atoms. The van der Waals surface area contributed by atoms with E-state index in [2.05, 4.69) is 13.0 Å². The molecule has 3 nitrogen and oxygen atoms in total. The number of unbranched alkanes of at least 4 members (excludes halogenated alkanes) is 3. The van der Waals surface area contributed by atoms with Crippen LogP contribution in [-0.4, -0.2) is 29.2 Å². The summed E-state index contributed by atoms with van der Waals surface area (Å²) in [5, 5.41) is 10.3. The Morgan fingerprint density at radius 1 is 1.08 bits per heavy atom. The van der Waals surface area contributed by atoms with Gasteiger partial charge in [-0.25, -0.2) is 0 Å².